The molecule has 0 amide bonds. The van der Waals surface area contributed by atoms with Gasteiger partial charge in [-0.05, 0) is 25.7 Å². The molecule has 0 aromatic heterocycles. The highest BCUT2D eigenvalue weighted by molar-refractivity contribution is 5.75. The Morgan fingerprint density at radius 1 is 1.33 bits per heavy atom. The van der Waals surface area contributed by atoms with E-state index in [1.165, 1.54) is 0 Å². The summed E-state index contributed by atoms with van der Waals surface area (Å²) < 4.78 is 10.5. The Kier molecular flexibility index (Phi) is 2.30. The molecule has 1 heterocycles. The third-order valence-corrected chi connectivity index (χ3v) is 2.31. The summed E-state index contributed by atoms with van der Waals surface area (Å²) in [4.78, 5) is 11.2. The van der Waals surface area contributed by atoms with E-state index in [0.717, 1.165) is 32.3 Å². The van der Waals surface area contributed by atoms with Gasteiger partial charge < -0.3 is 9.47 Å². The fourth-order valence-corrected chi connectivity index (χ4v) is 1.38. The second-order valence-electron chi connectivity index (χ2n) is 3.55. The van der Waals surface area contributed by atoms with Crippen LogP contribution in [0.4, 0.5) is 0 Å². The molecule has 3 nitrogen and oxygen atoms in total. The van der Waals surface area contributed by atoms with Crippen LogP contribution in [0.15, 0.2) is 0 Å². The monoisotopic (exact) mass is 170 g/mol. The molecule has 0 radical (unpaired) electrons. The van der Waals surface area contributed by atoms with Gasteiger partial charge in [0.2, 0.25) is 0 Å². The fourth-order valence-electron chi connectivity index (χ4n) is 1.38. The molecular formula is C9H14O3. The highest BCUT2D eigenvalue weighted by atomic mass is 16.6. The lowest BCUT2D eigenvalue weighted by molar-refractivity contribution is -0.156. The summed E-state index contributed by atoms with van der Waals surface area (Å²) in [5.41, 5.74) is 0. The molecule has 1 atom stereocenters. The van der Waals surface area contributed by atoms with Crippen LogP contribution in [-0.4, -0.2) is 25.3 Å². The lowest BCUT2D eigenvalue weighted by atomic mass is 10.2. The first-order chi connectivity index (χ1) is 5.86. The lowest BCUT2D eigenvalue weighted by Crippen LogP contribution is -2.28. The molecule has 2 rings (SSSR count). The number of carbonyl (C=O) groups excluding carboxylic acids is 1. The molecule has 0 spiro atoms. The van der Waals surface area contributed by atoms with Crippen LogP contribution in [0.3, 0.4) is 0 Å². The first-order valence-corrected chi connectivity index (χ1v) is 4.64. The van der Waals surface area contributed by atoms with Gasteiger partial charge in [0.15, 0.2) is 0 Å². The van der Waals surface area contributed by atoms with Gasteiger partial charge in [-0.15, -0.1) is 0 Å². The molecule has 2 fully saturated rings. The minimum atomic E-state index is -0.00880. The summed E-state index contributed by atoms with van der Waals surface area (Å²) in [5, 5.41) is 0. The molecule has 0 aromatic rings. The van der Waals surface area contributed by atoms with Crippen molar-refractivity contribution < 1.29 is 14.3 Å². The quantitative estimate of drug-likeness (QED) is 0.582. The van der Waals surface area contributed by atoms with Gasteiger partial charge in [0.1, 0.15) is 6.10 Å². The average Bonchev–Trinajstić information content (AvgIpc) is 2.88. The fraction of sp³-hybridized carbons (Fsp3) is 0.889. The Morgan fingerprint density at radius 3 is 2.75 bits per heavy atom. The van der Waals surface area contributed by atoms with Gasteiger partial charge in [-0.3, -0.25) is 4.79 Å². The summed E-state index contributed by atoms with van der Waals surface area (Å²) in [6.45, 7) is 1.41. The van der Waals surface area contributed by atoms with Crippen LogP contribution in [-0.2, 0) is 14.3 Å². The van der Waals surface area contributed by atoms with E-state index in [2.05, 4.69) is 0 Å². The van der Waals surface area contributed by atoms with Crippen LogP contribution < -0.4 is 0 Å². The van der Waals surface area contributed by atoms with Crippen LogP contribution in [0.2, 0.25) is 0 Å². The lowest BCUT2D eigenvalue weighted by Gasteiger charge is -2.22. The average molecular weight is 170 g/mol. The van der Waals surface area contributed by atoms with Crippen molar-refractivity contribution in [1.82, 2.24) is 0 Å². The predicted octanol–water partition coefficient (Wildman–Crippen LogP) is 1.12. The van der Waals surface area contributed by atoms with Crippen molar-refractivity contribution in [2.45, 2.75) is 31.8 Å². The summed E-state index contributed by atoms with van der Waals surface area (Å²) in [5.74, 6) is 0.206. The molecule has 3 heteroatoms. The van der Waals surface area contributed by atoms with Crippen molar-refractivity contribution in [3.8, 4) is 0 Å². The van der Waals surface area contributed by atoms with Crippen molar-refractivity contribution in [3.63, 3.8) is 0 Å². The van der Waals surface area contributed by atoms with Crippen LogP contribution in [0.25, 0.3) is 0 Å². The van der Waals surface area contributed by atoms with E-state index in [0.29, 0.717) is 6.61 Å². The third kappa shape index (κ3) is 1.97. The van der Waals surface area contributed by atoms with E-state index in [-0.39, 0.29) is 18.0 Å². The van der Waals surface area contributed by atoms with Crippen molar-refractivity contribution in [2.24, 2.45) is 5.92 Å². The third-order valence-electron chi connectivity index (χ3n) is 2.31. The van der Waals surface area contributed by atoms with E-state index in [1.54, 1.807) is 0 Å². The van der Waals surface area contributed by atoms with Gasteiger partial charge in [0, 0.05) is 6.61 Å². The number of hydrogen-bond donors (Lipinski definition) is 0. The summed E-state index contributed by atoms with van der Waals surface area (Å²) >= 11 is 0. The first kappa shape index (κ1) is 8.05. The Balaban J connectivity index is 1.73. The zero-order chi connectivity index (χ0) is 8.39. The largest absolute Gasteiger partial charge is 0.460 e. The summed E-state index contributed by atoms with van der Waals surface area (Å²) in [6.07, 6.45) is 4.06. The molecule has 12 heavy (non-hydrogen) atoms. The number of hydrogen-bond acceptors (Lipinski definition) is 3. The SMILES string of the molecule is O=C(OC1CCCOC1)C1CC1. The highest BCUT2D eigenvalue weighted by Gasteiger charge is 2.33. The Labute approximate surface area is 72.0 Å². The smallest absolute Gasteiger partial charge is 0.309 e. The minimum Gasteiger partial charge on any atom is -0.460 e. The molecule has 1 saturated heterocycles. The topological polar surface area (TPSA) is 35.5 Å². The first-order valence-electron chi connectivity index (χ1n) is 4.64. The van der Waals surface area contributed by atoms with Gasteiger partial charge in [-0.1, -0.05) is 0 Å². The van der Waals surface area contributed by atoms with Crippen LogP contribution in [0, 0.1) is 5.92 Å². The molecule has 68 valence electrons. The molecule has 1 aliphatic heterocycles. The molecule has 1 aliphatic carbocycles. The van der Waals surface area contributed by atoms with E-state index < -0.39 is 0 Å². The van der Waals surface area contributed by atoms with Gasteiger partial charge in [-0.25, -0.2) is 0 Å². The second-order valence-corrected chi connectivity index (χ2v) is 3.55. The maximum atomic E-state index is 11.2. The molecule has 1 unspecified atom stereocenters. The zero-order valence-corrected chi connectivity index (χ0v) is 7.12. The number of carbonyl (C=O) groups is 1. The predicted molar refractivity (Wildman–Crippen MR) is 42.7 cm³/mol. The van der Waals surface area contributed by atoms with Crippen LogP contribution in [0.1, 0.15) is 25.7 Å². The Morgan fingerprint density at radius 2 is 2.17 bits per heavy atom. The summed E-state index contributed by atoms with van der Waals surface area (Å²) in [7, 11) is 0. The zero-order valence-electron chi connectivity index (χ0n) is 7.12. The maximum Gasteiger partial charge on any atom is 0.309 e. The second kappa shape index (κ2) is 3.44. The van der Waals surface area contributed by atoms with Crippen molar-refractivity contribution in [3.05, 3.63) is 0 Å². The van der Waals surface area contributed by atoms with E-state index >= 15 is 0 Å². The number of rotatable bonds is 2. The Bertz CT molecular complexity index is 169. The number of esters is 1. The van der Waals surface area contributed by atoms with Gasteiger partial charge in [-0.2, -0.15) is 0 Å². The van der Waals surface area contributed by atoms with Crippen LogP contribution >= 0.6 is 0 Å². The van der Waals surface area contributed by atoms with E-state index in [4.69, 9.17) is 9.47 Å². The number of ether oxygens (including phenoxy) is 2. The van der Waals surface area contributed by atoms with Crippen molar-refractivity contribution in [2.75, 3.05) is 13.2 Å². The highest BCUT2D eigenvalue weighted by Crippen LogP contribution is 2.31. The Hall–Kier alpha value is -0.570. The summed E-state index contributed by atoms with van der Waals surface area (Å²) in [6, 6.07) is 0. The van der Waals surface area contributed by atoms with Gasteiger partial charge in [0.25, 0.3) is 0 Å². The molecule has 0 bridgehead atoms. The van der Waals surface area contributed by atoms with Crippen molar-refractivity contribution in [1.29, 1.82) is 0 Å². The normalized spacial score (nSPS) is 29.8. The van der Waals surface area contributed by atoms with Crippen LogP contribution in [0.5, 0.6) is 0 Å². The van der Waals surface area contributed by atoms with E-state index in [9.17, 15) is 4.79 Å². The molecule has 0 N–H and O–H groups in total. The molecule has 1 saturated carbocycles. The van der Waals surface area contributed by atoms with Gasteiger partial charge in [0.05, 0.1) is 12.5 Å². The van der Waals surface area contributed by atoms with Crippen molar-refractivity contribution >= 4 is 5.97 Å². The van der Waals surface area contributed by atoms with E-state index in [1.807, 2.05) is 0 Å². The standard InChI is InChI=1S/C9H14O3/c10-9(7-3-4-7)12-8-2-1-5-11-6-8/h7-8H,1-6H2. The van der Waals surface area contributed by atoms with Gasteiger partial charge >= 0.3 is 5.97 Å². The minimum absolute atomic E-state index is 0.00880. The molecule has 2 aliphatic rings. The molecule has 0 aromatic carbocycles. The maximum absolute atomic E-state index is 11.2. The molecular weight excluding hydrogens is 156 g/mol.